The van der Waals surface area contributed by atoms with Gasteiger partial charge in [-0.3, -0.25) is 14.4 Å². The smallest absolute Gasteiger partial charge is 0.304 e. The molecule has 3 aromatic carbocycles. The van der Waals surface area contributed by atoms with E-state index in [0.717, 1.165) is 26.2 Å². The zero-order chi connectivity index (χ0) is 28.2. The lowest BCUT2D eigenvalue weighted by atomic mass is 10.0. The van der Waals surface area contributed by atoms with Crippen molar-refractivity contribution < 1.29 is 14.4 Å². The van der Waals surface area contributed by atoms with Crippen LogP contribution in [0.2, 0.25) is 0 Å². The number of imidazole rings is 2. The Morgan fingerprint density at radius 3 is 1.80 bits per heavy atom. The predicted octanol–water partition coefficient (Wildman–Crippen LogP) is 4.70. The molecule has 0 aliphatic heterocycles. The Balaban J connectivity index is 1.60. The van der Waals surface area contributed by atoms with Crippen molar-refractivity contribution in [3.05, 3.63) is 142 Å². The van der Waals surface area contributed by atoms with Gasteiger partial charge in [-0.1, -0.05) is 67.6 Å². The molecule has 0 atom stereocenters. The van der Waals surface area contributed by atoms with Crippen molar-refractivity contribution in [3.63, 3.8) is 0 Å². The topological polar surface area (TPSA) is 96.0 Å². The number of benzene rings is 3. The molecule has 0 fully saturated rings. The van der Waals surface area contributed by atoms with Gasteiger partial charge in [-0.05, 0) is 48.7 Å². The van der Waals surface area contributed by atoms with Crippen LogP contribution in [0.25, 0.3) is 5.69 Å². The van der Waals surface area contributed by atoms with E-state index in [0.29, 0.717) is 11.1 Å². The van der Waals surface area contributed by atoms with Crippen LogP contribution in [0, 0.1) is 6.92 Å². The van der Waals surface area contributed by atoms with Gasteiger partial charge < -0.3 is 4.57 Å². The van der Waals surface area contributed by atoms with Gasteiger partial charge in [0.2, 0.25) is 17.6 Å². The molecule has 40 heavy (non-hydrogen) atoms. The summed E-state index contributed by atoms with van der Waals surface area (Å²) in [4.78, 5) is 59.0. The maximum absolute atomic E-state index is 14.0. The molecule has 0 saturated carbocycles. The summed E-state index contributed by atoms with van der Waals surface area (Å²) in [5.41, 5.74) is 1.84. The summed E-state index contributed by atoms with van der Waals surface area (Å²) in [6, 6.07) is 24.9. The SMILES string of the molecule is CCc1c(C(=O)c2ccc(-n3ccnc3C)cc2)n(C(=O)Cc2ccccc2)c(=O)n1C(=O)Cc1ccccc1. The first kappa shape index (κ1) is 26.5. The van der Waals surface area contributed by atoms with E-state index in [4.69, 9.17) is 0 Å². The number of carbonyl (C=O) groups excluding carboxylic acids is 3. The standard InChI is InChI=1S/C32H28N4O4/c1-3-27-30(31(39)25-14-16-26(17-15-25)34-19-18-33-22(34)2)36(29(38)21-24-12-8-5-9-13-24)32(40)35(27)28(37)20-23-10-6-4-7-11-23/h4-19H,3,20-21H2,1-2H3. The highest BCUT2D eigenvalue weighted by atomic mass is 16.2. The molecule has 0 bridgehead atoms. The molecule has 2 heterocycles. The summed E-state index contributed by atoms with van der Waals surface area (Å²) in [6.07, 6.45) is 3.57. The molecule has 0 amide bonds. The highest BCUT2D eigenvalue weighted by molar-refractivity contribution is 6.11. The minimum atomic E-state index is -0.826. The third-order valence-corrected chi connectivity index (χ3v) is 6.83. The molecule has 8 heteroatoms. The van der Waals surface area contributed by atoms with Crippen molar-refractivity contribution >= 4 is 17.6 Å². The van der Waals surface area contributed by atoms with Crippen molar-refractivity contribution in [2.24, 2.45) is 0 Å². The molecule has 0 radical (unpaired) electrons. The molecular formula is C32H28N4O4. The lowest BCUT2D eigenvalue weighted by Gasteiger charge is -2.10. The average Bonchev–Trinajstić information content (AvgIpc) is 3.53. The van der Waals surface area contributed by atoms with E-state index >= 15 is 0 Å². The van der Waals surface area contributed by atoms with Crippen molar-refractivity contribution in [3.8, 4) is 5.69 Å². The fourth-order valence-electron chi connectivity index (χ4n) is 4.85. The molecule has 0 aliphatic rings. The van der Waals surface area contributed by atoms with Gasteiger partial charge in [-0.15, -0.1) is 0 Å². The van der Waals surface area contributed by atoms with Gasteiger partial charge in [-0.2, -0.15) is 0 Å². The largest absolute Gasteiger partial charge is 0.342 e. The maximum Gasteiger partial charge on any atom is 0.342 e. The lowest BCUT2D eigenvalue weighted by molar-refractivity contribution is 0.0884. The van der Waals surface area contributed by atoms with E-state index in [1.54, 1.807) is 73.8 Å². The minimum absolute atomic E-state index is 0.0444. The monoisotopic (exact) mass is 532 g/mol. The molecule has 2 aromatic heterocycles. The zero-order valence-corrected chi connectivity index (χ0v) is 22.3. The van der Waals surface area contributed by atoms with E-state index in [1.165, 1.54) is 0 Å². The molecule has 0 saturated heterocycles. The third-order valence-electron chi connectivity index (χ3n) is 6.83. The van der Waals surface area contributed by atoms with Crippen LogP contribution in [-0.4, -0.2) is 36.3 Å². The number of nitrogens with zero attached hydrogens (tertiary/aromatic N) is 4. The molecule has 8 nitrogen and oxygen atoms in total. The number of ketones is 1. The molecule has 0 unspecified atom stereocenters. The molecule has 200 valence electrons. The molecule has 5 aromatic rings. The van der Waals surface area contributed by atoms with E-state index in [2.05, 4.69) is 4.98 Å². The fourth-order valence-corrected chi connectivity index (χ4v) is 4.85. The second-order valence-electron chi connectivity index (χ2n) is 9.43. The number of aryl methyl sites for hydroxylation is 1. The summed E-state index contributed by atoms with van der Waals surface area (Å²) in [5.74, 6) is -0.789. The van der Waals surface area contributed by atoms with Crippen LogP contribution in [0.4, 0.5) is 0 Å². The van der Waals surface area contributed by atoms with Gasteiger partial charge in [0.25, 0.3) is 0 Å². The van der Waals surface area contributed by atoms with Crippen LogP contribution in [0.1, 0.15) is 55.2 Å². The van der Waals surface area contributed by atoms with Crippen LogP contribution >= 0.6 is 0 Å². The second kappa shape index (κ2) is 11.3. The Kier molecular flexibility index (Phi) is 7.50. The summed E-state index contributed by atoms with van der Waals surface area (Å²) in [6.45, 7) is 3.63. The van der Waals surface area contributed by atoms with Crippen molar-refractivity contribution in [1.82, 2.24) is 18.7 Å². The Bertz CT molecular complexity index is 1740. The van der Waals surface area contributed by atoms with E-state index in [1.807, 2.05) is 42.0 Å². The van der Waals surface area contributed by atoms with Gasteiger partial charge in [0.05, 0.1) is 18.5 Å². The van der Waals surface area contributed by atoms with Crippen molar-refractivity contribution in [2.45, 2.75) is 33.1 Å². The Morgan fingerprint density at radius 1 is 0.750 bits per heavy atom. The van der Waals surface area contributed by atoms with Crippen LogP contribution < -0.4 is 5.69 Å². The van der Waals surface area contributed by atoms with Crippen LogP contribution in [-0.2, 0) is 19.3 Å². The van der Waals surface area contributed by atoms with Crippen LogP contribution in [0.15, 0.2) is 102 Å². The van der Waals surface area contributed by atoms with Gasteiger partial charge in [-0.25, -0.2) is 18.9 Å². The Hall–Kier alpha value is -5.11. The summed E-state index contributed by atoms with van der Waals surface area (Å²) >= 11 is 0. The van der Waals surface area contributed by atoms with Crippen molar-refractivity contribution in [2.75, 3.05) is 0 Å². The van der Waals surface area contributed by atoms with Crippen LogP contribution in [0.3, 0.4) is 0 Å². The number of rotatable bonds is 8. The van der Waals surface area contributed by atoms with Crippen molar-refractivity contribution in [1.29, 1.82) is 0 Å². The molecular weight excluding hydrogens is 504 g/mol. The number of hydrogen-bond acceptors (Lipinski definition) is 5. The average molecular weight is 533 g/mol. The first-order valence-corrected chi connectivity index (χ1v) is 13.0. The van der Waals surface area contributed by atoms with E-state index in [-0.39, 0.29) is 30.7 Å². The number of hydrogen-bond donors (Lipinski definition) is 0. The molecule has 0 N–H and O–H groups in total. The van der Waals surface area contributed by atoms with E-state index < -0.39 is 23.3 Å². The quantitative estimate of drug-likeness (QED) is 0.270. The maximum atomic E-state index is 14.0. The fraction of sp³-hybridized carbons (Fsp3) is 0.156. The molecule has 5 rings (SSSR count). The first-order chi connectivity index (χ1) is 19.4. The first-order valence-electron chi connectivity index (χ1n) is 13.0. The second-order valence-corrected chi connectivity index (χ2v) is 9.43. The number of carbonyl (C=O) groups is 3. The predicted molar refractivity (Wildman–Crippen MR) is 151 cm³/mol. The van der Waals surface area contributed by atoms with Gasteiger partial charge in [0.15, 0.2) is 0 Å². The van der Waals surface area contributed by atoms with Gasteiger partial charge >= 0.3 is 5.69 Å². The molecule has 0 spiro atoms. The summed E-state index contributed by atoms with van der Waals surface area (Å²) in [5, 5.41) is 0. The number of aromatic nitrogens is 4. The summed E-state index contributed by atoms with van der Waals surface area (Å²) < 4.78 is 3.75. The molecule has 0 aliphatic carbocycles. The van der Waals surface area contributed by atoms with Gasteiger partial charge in [0.1, 0.15) is 11.5 Å². The normalized spacial score (nSPS) is 10.9. The van der Waals surface area contributed by atoms with E-state index in [9.17, 15) is 19.2 Å². The highest BCUT2D eigenvalue weighted by Crippen LogP contribution is 2.19. The zero-order valence-electron chi connectivity index (χ0n) is 22.3. The highest BCUT2D eigenvalue weighted by Gasteiger charge is 2.31. The Morgan fingerprint density at radius 2 is 1.30 bits per heavy atom. The minimum Gasteiger partial charge on any atom is -0.304 e. The lowest BCUT2D eigenvalue weighted by Crippen LogP contribution is -2.35. The van der Waals surface area contributed by atoms with Gasteiger partial charge in [0, 0.05) is 23.6 Å². The Labute approximate surface area is 231 Å². The summed E-state index contributed by atoms with van der Waals surface area (Å²) in [7, 11) is 0. The van der Waals surface area contributed by atoms with Crippen LogP contribution in [0.5, 0.6) is 0 Å². The third kappa shape index (κ3) is 5.11.